The van der Waals surface area contributed by atoms with Crippen molar-refractivity contribution in [2.24, 2.45) is 17.1 Å². The lowest BCUT2D eigenvalue weighted by Gasteiger charge is -2.40. The third-order valence-corrected chi connectivity index (χ3v) is 3.52. The molecule has 1 amide bonds. The molecule has 0 spiro atoms. The Labute approximate surface area is 128 Å². The first kappa shape index (κ1) is 19.6. The van der Waals surface area contributed by atoms with Crippen LogP contribution >= 0.6 is 12.4 Å². The maximum absolute atomic E-state index is 11.8. The van der Waals surface area contributed by atoms with Crippen molar-refractivity contribution in [3.63, 3.8) is 0 Å². The molecule has 3 atom stereocenters. The number of nitrogens with two attached hydrogens (primary N) is 1. The number of ether oxygens (including phenoxy) is 2. The van der Waals surface area contributed by atoms with E-state index in [1.807, 2.05) is 0 Å². The summed E-state index contributed by atoms with van der Waals surface area (Å²) >= 11 is 0. The summed E-state index contributed by atoms with van der Waals surface area (Å²) in [5.41, 5.74) is 5.78. The van der Waals surface area contributed by atoms with E-state index in [1.54, 1.807) is 0 Å². The smallest absolute Gasteiger partial charge is 0.239 e. The molecule has 1 aliphatic rings. The molecule has 0 bridgehead atoms. The van der Waals surface area contributed by atoms with E-state index in [0.29, 0.717) is 12.5 Å². The van der Waals surface area contributed by atoms with Gasteiger partial charge >= 0.3 is 0 Å². The second-order valence-electron chi connectivity index (χ2n) is 6.37. The summed E-state index contributed by atoms with van der Waals surface area (Å²) in [7, 11) is 1.54. The third-order valence-electron chi connectivity index (χ3n) is 3.52. The van der Waals surface area contributed by atoms with Crippen molar-refractivity contribution in [3.8, 4) is 0 Å². The van der Waals surface area contributed by atoms with Crippen LogP contribution in [-0.4, -0.2) is 44.9 Å². The van der Waals surface area contributed by atoms with Gasteiger partial charge in [-0.2, -0.15) is 0 Å². The number of halogens is 1. The van der Waals surface area contributed by atoms with Gasteiger partial charge < -0.3 is 20.5 Å². The molecule has 0 radical (unpaired) electrons. The third kappa shape index (κ3) is 5.95. The molecule has 0 saturated carbocycles. The van der Waals surface area contributed by atoms with Crippen LogP contribution in [0.25, 0.3) is 0 Å². The molecule has 1 rings (SSSR count). The number of hydrogen-bond donors (Lipinski definition) is 2. The largest absolute Gasteiger partial charge is 0.383 e. The molecule has 0 aromatic rings. The molecule has 120 valence electrons. The molecule has 0 aliphatic carbocycles. The lowest BCUT2D eigenvalue weighted by Crippen LogP contribution is -2.49. The fraction of sp³-hybridized carbons (Fsp3) is 0.929. The van der Waals surface area contributed by atoms with Crippen LogP contribution in [0.15, 0.2) is 0 Å². The first-order valence-electron chi connectivity index (χ1n) is 7.00. The number of nitrogens with one attached hydrogen (secondary N) is 1. The SMILES string of the molecule is COCC(N)C(=O)NCC1CCCOC1C(C)(C)C.Cl. The maximum atomic E-state index is 11.8. The van der Waals surface area contributed by atoms with Crippen molar-refractivity contribution in [1.82, 2.24) is 5.32 Å². The van der Waals surface area contributed by atoms with Gasteiger partial charge in [0.2, 0.25) is 5.91 Å². The van der Waals surface area contributed by atoms with Crippen molar-refractivity contribution in [1.29, 1.82) is 0 Å². The number of carbonyl (C=O) groups is 1. The van der Waals surface area contributed by atoms with Gasteiger partial charge in [-0.3, -0.25) is 4.79 Å². The quantitative estimate of drug-likeness (QED) is 0.804. The Morgan fingerprint density at radius 1 is 1.50 bits per heavy atom. The van der Waals surface area contributed by atoms with E-state index in [0.717, 1.165) is 19.4 Å². The monoisotopic (exact) mass is 308 g/mol. The lowest BCUT2D eigenvalue weighted by molar-refractivity contribution is -0.125. The highest BCUT2D eigenvalue weighted by atomic mass is 35.5. The standard InChI is InChI=1S/C14H28N2O3.ClH/c1-14(2,3)12-10(6-5-7-19-12)8-16-13(17)11(15)9-18-4;/h10-12H,5-9,15H2,1-4H3,(H,16,17);1H. The summed E-state index contributed by atoms with van der Waals surface area (Å²) in [4.78, 5) is 11.8. The van der Waals surface area contributed by atoms with Gasteiger partial charge in [0, 0.05) is 26.2 Å². The van der Waals surface area contributed by atoms with Crippen LogP contribution in [0.4, 0.5) is 0 Å². The molecule has 3 unspecified atom stereocenters. The molecule has 1 aliphatic heterocycles. The van der Waals surface area contributed by atoms with E-state index < -0.39 is 6.04 Å². The molecule has 0 aromatic heterocycles. The minimum atomic E-state index is -0.595. The predicted octanol–water partition coefficient (Wildman–Crippen LogP) is 1.34. The topological polar surface area (TPSA) is 73.6 Å². The highest BCUT2D eigenvalue weighted by Gasteiger charge is 2.35. The first-order valence-corrected chi connectivity index (χ1v) is 7.00. The number of hydrogen-bond acceptors (Lipinski definition) is 4. The molecular weight excluding hydrogens is 280 g/mol. The summed E-state index contributed by atoms with van der Waals surface area (Å²) < 4.78 is 10.8. The number of carbonyl (C=O) groups excluding carboxylic acids is 1. The van der Waals surface area contributed by atoms with Crippen molar-refractivity contribution in [2.45, 2.75) is 45.8 Å². The van der Waals surface area contributed by atoms with Crippen molar-refractivity contribution >= 4 is 18.3 Å². The molecule has 1 heterocycles. The highest BCUT2D eigenvalue weighted by molar-refractivity contribution is 5.85. The van der Waals surface area contributed by atoms with Crippen molar-refractivity contribution in [3.05, 3.63) is 0 Å². The van der Waals surface area contributed by atoms with E-state index >= 15 is 0 Å². The zero-order chi connectivity index (χ0) is 14.5. The van der Waals surface area contributed by atoms with Gasteiger partial charge in [0.25, 0.3) is 0 Å². The van der Waals surface area contributed by atoms with Gasteiger partial charge in [-0.1, -0.05) is 20.8 Å². The van der Waals surface area contributed by atoms with E-state index in [9.17, 15) is 4.79 Å². The lowest BCUT2D eigenvalue weighted by atomic mass is 9.78. The summed E-state index contributed by atoms with van der Waals surface area (Å²) in [6.45, 7) is 8.21. The second-order valence-corrected chi connectivity index (χ2v) is 6.37. The highest BCUT2D eigenvalue weighted by Crippen LogP contribution is 2.33. The van der Waals surface area contributed by atoms with Gasteiger partial charge in [0.15, 0.2) is 0 Å². The molecule has 0 aromatic carbocycles. The van der Waals surface area contributed by atoms with Gasteiger partial charge in [-0.25, -0.2) is 0 Å². The van der Waals surface area contributed by atoms with E-state index in [-0.39, 0.29) is 36.4 Å². The zero-order valence-corrected chi connectivity index (χ0v) is 13.8. The van der Waals surface area contributed by atoms with Crippen LogP contribution in [0, 0.1) is 11.3 Å². The van der Waals surface area contributed by atoms with E-state index in [4.69, 9.17) is 15.2 Å². The van der Waals surface area contributed by atoms with Gasteiger partial charge in [-0.15, -0.1) is 12.4 Å². The molecule has 6 heteroatoms. The second kappa shape index (κ2) is 8.82. The molecule has 20 heavy (non-hydrogen) atoms. The summed E-state index contributed by atoms with van der Waals surface area (Å²) in [5.74, 6) is 0.201. The predicted molar refractivity (Wildman–Crippen MR) is 82.0 cm³/mol. The molecule has 1 saturated heterocycles. The van der Waals surface area contributed by atoms with Gasteiger partial charge in [0.1, 0.15) is 6.04 Å². The van der Waals surface area contributed by atoms with Crippen LogP contribution in [-0.2, 0) is 14.3 Å². The Balaban J connectivity index is 0.00000361. The zero-order valence-electron chi connectivity index (χ0n) is 13.0. The van der Waals surface area contributed by atoms with Crippen LogP contribution in [0.2, 0.25) is 0 Å². The fourth-order valence-electron chi connectivity index (χ4n) is 2.63. The van der Waals surface area contributed by atoms with Crippen LogP contribution in [0.3, 0.4) is 0 Å². The Hall–Kier alpha value is -0.360. The minimum Gasteiger partial charge on any atom is -0.383 e. The van der Waals surface area contributed by atoms with Crippen molar-refractivity contribution < 1.29 is 14.3 Å². The van der Waals surface area contributed by atoms with Crippen LogP contribution in [0.5, 0.6) is 0 Å². The molecule has 5 nitrogen and oxygen atoms in total. The first-order chi connectivity index (χ1) is 8.86. The Morgan fingerprint density at radius 2 is 2.15 bits per heavy atom. The Morgan fingerprint density at radius 3 is 2.70 bits per heavy atom. The number of methoxy groups -OCH3 is 1. The maximum Gasteiger partial charge on any atom is 0.239 e. The summed E-state index contributed by atoms with van der Waals surface area (Å²) in [6.07, 6.45) is 2.32. The molecular formula is C14H29ClN2O3. The average Bonchev–Trinajstić information content (AvgIpc) is 2.35. The minimum absolute atomic E-state index is 0. The van der Waals surface area contributed by atoms with Gasteiger partial charge in [-0.05, 0) is 18.3 Å². The molecule has 3 N–H and O–H groups in total. The van der Waals surface area contributed by atoms with E-state index in [1.165, 1.54) is 7.11 Å². The number of amides is 1. The van der Waals surface area contributed by atoms with Crippen molar-refractivity contribution in [2.75, 3.05) is 26.9 Å². The Kier molecular flexibility index (Phi) is 8.66. The summed E-state index contributed by atoms with van der Waals surface area (Å²) in [5, 5.41) is 2.92. The van der Waals surface area contributed by atoms with E-state index in [2.05, 4.69) is 26.1 Å². The number of rotatable bonds is 5. The molecule has 1 fully saturated rings. The average molecular weight is 309 g/mol. The van der Waals surface area contributed by atoms with Crippen LogP contribution < -0.4 is 11.1 Å². The normalized spacial score (nSPS) is 24.6. The fourth-order valence-corrected chi connectivity index (χ4v) is 2.63. The summed E-state index contributed by atoms with van der Waals surface area (Å²) in [6, 6.07) is -0.595. The Bertz CT molecular complexity index is 295. The van der Waals surface area contributed by atoms with Crippen LogP contribution in [0.1, 0.15) is 33.6 Å². The van der Waals surface area contributed by atoms with Gasteiger partial charge in [0.05, 0.1) is 12.7 Å².